The first-order chi connectivity index (χ1) is 15.2. The lowest BCUT2D eigenvalue weighted by Crippen LogP contribution is -2.40. The van der Waals surface area contributed by atoms with Crippen LogP contribution >= 0.6 is 11.3 Å². The van der Waals surface area contributed by atoms with Gasteiger partial charge in [-0.2, -0.15) is 5.10 Å². The third-order valence-corrected chi connectivity index (χ3v) is 6.71. The zero-order valence-electron chi connectivity index (χ0n) is 16.5. The second-order valence-corrected chi connectivity index (χ2v) is 8.56. The van der Waals surface area contributed by atoms with Crippen LogP contribution in [0.3, 0.4) is 0 Å². The van der Waals surface area contributed by atoms with Crippen molar-refractivity contribution in [2.24, 2.45) is 0 Å². The predicted molar refractivity (Wildman–Crippen MR) is 118 cm³/mol. The van der Waals surface area contributed by atoms with E-state index < -0.39 is 11.8 Å². The number of para-hydroxylation sites is 1. The van der Waals surface area contributed by atoms with Crippen LogP contribution in [0.5, 0.6) is 0 Å². The van der Waals surface area contributed by atoms with Crippen LogP contribution in [0.15, 0.2) is 41.9 Å². The van der Waals surface area contributed by atoms with Crippen LogP contribution in [0.25, 0.3) is 32.3 Å². The number of hydrogen-bond donors (Lipinski definition) is 3. The Morgan fingerprint density at radius 2 is 2.03 bits per heavy atom. The molecule has 5 heterocycles. The van der Waals surface area contributed by atoms with Crippen molar-refractivity contribution in [2.75, 3.05) is 19.7 Å². The number of H-pyrrole nitrogens is 1. The highest BCUT2D eigenvalue weighted by atomic mass is 32.1. The highest BCUT2D eigenvalue weighted by molar-refractivity contribution is 7.17. The standard InChI is InChI=1S/C22H19N5O3S/c28-21-17(14-10-24-15-5-8-31-20(14)15)18(22(29)25-21)19-13-3-1-2-4-16(13)27(26-19)11-12-9-23-6-7-30-12/h1-5,8,10,12,23-24H,6-7,9,11H2,(H,25,28,29). The number of aromatic nitrogens is 3. The summed E-state index contributed by atoms with van der Waals surface area (Å²) in [4.78, 5) is 28.9. The van der Waals surface area contributed by atoms with Crippen LogP contribution in [0.2, 0.25) is 0 Å². The summed E-state index contributed by atoms with van der Waals surface area (Å²) >= 11 is 1.53. The third-order valence-electron chi connectivity index (χ3n) is 5.76. The van der Waals surface area contributed by atoms with Gasteiger partial charge in [0, 0.05) is 30.2 Å². The van der Waals surface area contributed by atoms with Gasteiger partial charge in [-0.1, -0.05) is 18.2 Å². The molecular weight excluding hydrogens is 414 g/mol. The van der Waals surface area contributed by atoms with E-state index >= 15 is 0 Å². The number of morpholine rings is 1. The Hall–Kier alpha value is -3.27. The van der Waals surface area contributed by atoms with E-state index in [-0.39, 0.29) is 6.10 Å². The number of thiophene rings is 1. The molecule has 0 spiro atoms. The minimum atomic E-state index is -0.420. The number of benzene rings is 1. The summed E-state index contributed by atoms with van der Waals surface area (Å²) in [6.45, 7) is 2.81. The topological polar surface area (TPSA) is 101 Å². The quantitative estimate of drug-likeness (QED) is 0.428. The number of hydrogen-bond acceptors (Lipinski definition) is 6. The maximum Gasteiger partial charge on any atom is 0.261 e. The molecule has 8 nitrogen and oxygen atoms in total. The molecule has 0 saturated carbocycles. The van der Waals surface area contributed by atoms with Crippen LogP contribution in [-0.4, -0.2) is 52.4 Å². The molecule has 4 aromatic rings. The molecule has 2 amide bonds. The molecular formula is C22H19N5O3S. The maximum absolute atomic E-state index is 12.9. The average molecular weight is 433 g/mol. The summed E-state index contributed by atoms with van der Waals surface area (Å²) in [5, 5.41) is 13.4. The van der Waals surface area contributed by atoms with E-state index in [9.17, 15) is 9.59 Å². The Labute approximate surface area is 180 Å². The lowest BCUT2D eigenvalue weighted by Gasteiger charge is -2.23. The fourth-order valence-corrected chi connectivity index (χ4v) is 5.23. The monoisotopic (exact) mass is 433 g/mol. The number of nitrogens with zero attached hydrogens (tertiary/aromatic N) is 2. The smallest absolute Gasteiger partial charge is 0.261 e. The summed E-state index contributed by atoms with van der Waals surface area (Å²) in [5.41, 5.74) is 3.77. The molecule has 0 radical (unpaired) electrons. The maximum atomic E-state index is 12.9. The van der Waals surface area contributed by atoms with Gasteiger partial charge in [0.15, 0.2) is 0 Å². The molecule has 9 heteroatoms. The molecule has 1 saturated heterocycles. The molecule has 3 aromatic heterocycles. The van der Waals surface area contributed by atoms with E-state index in [1.54, 1.807) is 6.20 Å². The molecule has 1 aromatic carbocycles. The highest BCUT2D eigenvalue weighted by Gasteiger charge is 2.36. The summed E-state index contributed by atoms with van der Waals surface area (Å²) in [6.07, 6.45) is 1.78. The van der Waals surface area contributed by atoms with Crippen molar-refractivity contribution in [1.29, 1.82) is 0 Å². The summed E-state index contributed by atoms with van der Waals surface area (Å²) in [7, 11) is 0. The van der Waals surface area contributed by atoms with Crippen molar-refractivity contribution in [3.05, 3.63) is 53.2 Å². The summed E-state index contributed by atoms with van der Waals surface area (Å²) in [5.74, 6) is -0.815. The molecule has 31 heavy (non-hydrogen) atoms. The molecule has 2 aliphatic rings. The zero-order valence-corrected chi connectivity index (χ0v) is 17.3. The van der Waals surface area contributed by atoms with Crippen molar-refractivity contribution in [1.82, 2.24) is 25.4 Å². The molecule has 0 aliphatic carbocycles. The minimum absolute atomic E-state index is 0.00666. The molecule has 2 aliphatic heterocycles. The highest BCUT2D eigenvalue weighted by Crippen LogP contribution is 2.38. The van der Waals surface area contributed by atoms with Gasteiger partial charge in [-0.3, -0.25) is 19.6 Å². The van der Waals surface area contributed by atoms with Gasteiger partial charge >= 0.3 is 0 Å². The first kappa shape index (κ1) is 18.5. The molecule has 1 atom stereocenters. The second kappa shape index (κ2) is 7.16. The molecule has 3 N–H and O–H groups in total. The Kier molecular flexibility index (Phi) is 4.27. The van der Waals surface area contributed by atoms with E-state index in [0.717, 1.165) is 39.8 Å². The van der Waals surface area contributed by atoms with Crippen molar-refractivity contribution in [2.45, 2.75) is 12.6 Å². The molecule has 6 rings (SSSR count). The van der Waals surface area contributed by atoms with Crippen molar-refractivity contribution in [3.63, 3.8) is 0 Å². The number of ether oxygens (including phenoxy) is 1. The van der Waals surface area contributed by atoms with E-state index in [2.05, 4.69) is 15.6 Å². The number of carbonyl (C=O) groups is 2. The van der Waals surface area contributed by atoms with Crippen molar-refractivity contribution >= 4 is 55.4 Å². The number of nitrogens with one attached hydrogen (secondary N) is 3. The van der Waals surface area contributed by atoms with Gasteiger partial charge in [0.2, 0.25) is 0 Å². The van der Waals surface area contributed by atoms with Crippen LogP contribution in [0, 0.1) is 0 Å². The number of amides is 2. The summed E-state index contributed by atoms with van der Waals surface area (Å²) in [6, 6.07) is 9.73. The molecule has 156 valence electrons. The first-order valence-electron chi connectivity index (χ1n) is 10.1. The van der Waals surface area contributed by atoms with Gasteiger partial charge in [0.05, 0.1) is 46.1 Å². The van der Waals surface area contributed by atoms with Gasteiger partial charge in [-0.05, 0) is 17.5 Å². The predicted octanol–water partition coefficient (Wildman–Crippen LogP) is 2.13. The van der Waals surface area contributed by atoms with E-state index in [4.69, 9.17) is 9.84 Å². The van der Waals surface area contributed by atoms with Gasteiger partial charge < -0.3 is 15.0 Å². The van der Waals surface area contributed by atoms with E-state index in [0.29, 0.717) is 30.0 Å². The number of imide groups is 1. The zero-order chi connectivity index (χ0) is 20.9. The van der Waals surface area contributed by atoms with Gasteiger partial charge in [-0.25, -0.2) is 0 Å². The Balaban J connectivity index is 1.54. The number of fused-ring (bicyclic) bond motifs is 2. The largest absolute Gasteiger partial charge is 0.374 e. The normalized spacial score (nSPS) is 19.7. The van der Waals surface area contributed by atoms with E-state index in [1.807, 2.05) is 40.4 Å². The third kappa shape index (κ3) is 2.93. The van der Waals surface area contributed by atoms with Crippen molar-refractivity contribution in [3.8, 4) is 0 Å². The van der Waals surface area contributed by atoms with E-state index in [1.165, 1.54) is 11.3 Å². The van der Waals surface area contributed by atoms with Crippen LogP contribution in [0.1, 0.15) is 11.3 Å². The Morgan fingerprint density at radius 3 is 2.90 bits per heavy atom. The van der Waals surface area contributed by atoms with Gasteiger partial charge in [-0.15, -0.1) is 11.3 Å². The Morgan fingerprint density at radius 1 is 1.16 bits per heavy atom. The lowest BCUT2D eigenvalue weighted by atomic mass is 9.99. The lowest BCUT2D eigenvalue weighted by molar-refractivity contribution is -0.122. The Bertz CT molecular complexity index is 1370. The number of rotatable bonds is 4. The number of carbonyl (C=O) groups excluding carboxylic acids is 2. The van der Waals surface area contributed by atoms with Gasteiger partial charge in [0.1, 0.15) is 5.69 Å². The van der Waals surface area contributed by atoms with Crippen molar-refractivity contribution < 1.29 is 14.3 Å². The van der Waals surface area contributed by atoms with Crippen LogP contribution in [-0.2, 0) is 20.9 Å². The molecule has 0 bridgehead atoms. The molecule has 1 fully saturated rings. The van der Waals surface area contributed by atoms with Crippen LogP contribution in [0.4, 0.5) is 0 Å². The molecule has 1 unspecified atom stereocenters. The fourth-order valence-electron chi connectivity index (χ4n) is 4.35. The van der Waals surface area contributed by atoms with Crippen LogP contribution < -0.4 is 10.6 Å². The minimum Gasteiger partial charge on any atom is -0.374 e. The fraction of sp³-hybridized carbons (Fsp3) is 0.227. The van der Waals surface area contributed by atoms with Gasteiger partial charge in [0.25, 0.3) is 11.8 Å². The SMILES string of the molecule is O=C1NC(=O)C(c2c[nH]c3ccsc23)=C1c1nn(CC2CNCCO2)c2ccccc12. The summed E-state index contributed by atoms with van der Waals surface area (Å²) < 4.78 is 8.67. The second-order valence-electron chi connectivity index (χ2n) is 7.64. The number of aromatic amines is 1. The first-order valence-corrected chi connectivity index (χ1v) is 11.0. The average Bonchev–Trinajstić information content (AvgIpc) is 3.53.